The molecule has 0 fully saturated rings. The quantitative estimate of drug-likeness (QED) is 0.775. The number of carbonyl (C=O) groups excluding carboxylic acids is 1. The van der Waals surface area contributed by atoms with Gasteiger partial charge in [-0.05, 0) is 12.1 Å². The summed E-state index contributed by atoms with van der Waals surface area (Å²) in [6, 6.07) is 9.55. The van der Waals surface area contributed by atoms with Gasteiger partial charge in [0.2, 0.25) is 0 Å². The van der Waals surface area contributed by atoms with Gasteiger partial charge in [0.25, 0.3) is 0 Å². The number of benzene rings is 2. The van der Waals surface area contributed by atoms with E-state index in [0.717, 1.165) is 0 Å². The van der Waals surface area contributed by atoms with Crippen LogP contribution >= 0.6 is 0 Å². The van der Waals surface area contributed by atoms with Crippen LogP contribution in [-0.2, 0) is 0 Å². The van der Waals surface area contributed by atoms with E-state index in [2.05, 4.69) is 0 Å². The third-order valence-corrected chi connectivity index (χ3v) is 2.16. The second kappa shape index (κ2) is 4.10. The summed E-state index contributed by atoms with van der Waals surface area (Å²) >= 11 is 0. The van der Waals surface area contributed by atoms with Crippen molar-refractivity contribution < 1.29 is 18.8 Å². The molecule has 0 radical (unpaired) electrons. The van der Waals surface area contributed by atoms with Crippen molar-refractivity contribution in [2.24, 2.45) is 0 Å². The number of carbonyl (C=O) groups is 1. The van der Waals surface area contributed by atoms with Gasteiger partial charge in [-0.1, -0.05) is 24.3 Å². The lowest BCUT2D eigenvalue weighted by molar-refractivity contribution is 0.203. The van der Waals surface area contributed by atoms with Crippen molar-refractivity contribution in [3.05, 3.63) is 36.4 Å². The Balaban J connectivity index is 2.31. The molecule has 0 spiro atoms. The lowest BCUT2D eigenvalue weighted by atomic mass is 10.1. The minimum atomic E-state index is -2.61. The maximum Gasteiger partial charge on any atom is 0.412 e. The highest BCUT2D eigenvalue weighted by molar-refractivity contribution is 5.94. The Morgan fingerprint density at radius 2 is 2.06 bits per heavy atom. The lowest BCUT2D eigenvalue weighted by Gasteiger charge is -2.07. The SMILES string of the molecule is [2H]C([2H])([2H])NC(=O)Oc1cccc2c(O)cccc12. The Morgan fingerprint density at radius 1 is 1.31 bits per heavy atom. The van der Waals surface area contributed by atoms with Crippen molar-refractivity contribution in [1.29, 1.82) is 0 Å². The number of phenolic OH excluding ortho intramolecular Hbond substituents is 1. The first-order chi connectivity index (χ1) is 8.87. The maximum atomic E-state index is 11.4. The van der Waals surface area contributed by atoms with Gasteiger partial charge in [-0.3, -0.25) is 0 Å². The summed E-state index contributed by atoms with van der Waals surface area (Å²) in [4.78, 5) is 11.4. The third-order valence-electron chi connectivity index (χ3n) is 2.16. The molecule has 0 aliphatic heterocycles. The zero-order valence-electron chi connectivity index (χ0n) is 11.2. The van der Waals surface area contributed by atoms with Gasteiger partial charge in [0, 0.05) is 21.9 Å². The van der Waals surface area contributed by atoms with Crippen LogP contribution < -0.4 is 10.1 Å². The molecule has 82 valence electrons. The van der Waals surface area contributed by atoms with Crippen LogP contribution in [0.15, 0.2) is 36.4 Å². The second-order valence-corrected chi connectivity index (χ2v) is 3.14. The fourth-order valence-electron chi connectivity index (χ4n) is 1.48. The standard InChI is InChI=1S/C12H11NO3/c1-13-12(15)16-11-7-3-4-8-9(11)5-2-6-10(8)14/h2-7,14H,1H3,(H,13,15)/i1D3. The van der Waals surface area contributed by atoms with E-state index in [1.165, 1.54) is 12.1 Å². The second-order valence-electron chi connectivity index (χ2n) is 3.14. The zero-order chi connectivity index (χ0) is 14.0. The summed E-state index contributed by atoms with van der Waals surface area (Å²) in [7, 11) is 0. The predicted molar refractivity (Wildman–Crippen MR) is 60.7 cm³/mol. The molecule has 2 N–H and O–H groups in total. The number of rotatable bonds is 1. The van der Waals surface area contributed by atoms with Crippen LogP contribution in [0.5, 0.6) is 11.5 Å². The molecule has 0 atom stereocenters. The molecular formula is C12H11NO3. The molecule has 2 aromatic rings. The highest BCUT2D eigenvalue weighted by Crippen LogP contribution is 2.31. The van der Waals surface area contributed by atoms with Gasteiger partial charge in [-0.25, -0.2) is 4.79 Å². The van der Waals surface area contributed by atoms with E-state index in [1.807, 2.05) is 0 Å². The minimum absolute atomic E-state index is 0.0548. The van der Waals surface area contributed by atoms with Crippen LogP contribution in [0, 0.1) is 0 Å². The molecule has 2 aromatic carbocycles. The number of amides is 1. The minimum Gasteiger partial charge on any atom is -0.507 e. The average Bonchev–Trinajstić information content (AvgIpc) is 2.28. The topological polar surface area (TPSA) is 58.6 Å². The number of nitrogens with one attached hydrogen (secondary N) is 1. The van der Waals surface area contributed by atoms with Crippen LogP contribution in [0.2, 0.25) is 0 Å². The summed E-state index contributed by atoms with van der Waals surface area (Å²) in [6.07, 6.45) is -1.07. The van der Waals surface area contributed by atoms with Gasteiger partial charge in [0.1, 0.15) is 11.5 Å². The lowest BCUT2D eigenvalue weighted by Crippen LogP contribution is -2.22. The molecule has 0 unspecified atom stereocenters. The molecule has 0 aromatic heterocycles. The highest BCUT2D eigenvalue weighted by Gasteiger charge is 2.07. The molecule has 0 saturated heterocycles. The van der Waals surface area contributed by atoms with Crippen LogP contribution in [0.4, 0.5) is 4.79 Å². The van der Waals surface area contributed by atoms with Crippen molar-refractivity contribution in [3.8, 4) is 11.5 Å². The largest absolute Gasteiger partial charge is 0.507 e. The Labute approximate surface area is 96.7 Å². The van der Waals surface area contributed by atoms with E-state index in [0.29, 0.717) is 10.8 Å². The van der Waals surface area contributed by atoms with Crippen molar-refractivity contribution in [1.82, 2.24) is 5.32 Å². The molecule has 1 amide bonds. The van der Waals surface area contributed by atoms with Crippen LogP contribution in [-0.4, -0.2) is 18.2 Å². The molecule has 0 heterocycles. The Morgan fingerprint density at radius 3 is 2.88 bits per heavy atom. The maximum absolute atomic E-state index is 11.4. The van der Waals surface area contributed by atoms with Gasteiger partial charge < -0.3 is 15.2 Å². The van der Waals surface area contributed by atoms with Gasteiger partial charge in [-0.2, -0.15) is 0 Å². The van der Waals surface area contributed by atoms with E-state index in [9.17, 15) is 9.90 Å². The van der Waals surface area contributed by atoms with Gasteiger partial charge in [0.15, 0.2) is 0 Å². The predicted octanol–water partition coefficient (Wildman–Crippen LogP) is 2.26. The first-order valence-electron chi connectivity index (χ1n) is 6.07. The van der Waals surface area contributed by atoms with E-state index in [-0.39, 0.29) is 11.5 Å². The Kier molecular flexibility index (Phi) is 1.82. The molecular weight excluding hydrogens is 206 g/mol. The number of hydrogen-bond donors (Lipinski definition) is 2. The summed E-state index contributed by atoms with van der Waals surface area (Å²) in [6.45, 7) is -2.61. The molecule has 0 bridgehead atoms. The molecule has 16 heavy (non-hydrogen) atoms. The van der Waals surface area contributed by atoms with Gasteiger partial charge in [0.05, 0.1) is 0 Å². The molecule has 0 aliphatic carbocycles. The van der Waals surface area contributed by atoms with Crippen molar-refractivity contribution in [3.63, 3.8) is 0 Å². The van der Waals surface area contributed by atoms with E-state index < -0.39 is 13.1 Å². The molecule has 2 rings (SSSR count). The van der Waals surface area contributed by atoms with Crippen molar-refractivity contribution in [2.45, 2.75) is 0 Å². The number of aromatic hydroxyl groups is 1. The first kappa shape index (κ1) is 7.11. The molecule has 0 aliphatic rings. The zero-order valence-corrected chi connectivity index (χ0v) is 8.23. The number of fused-ring (bicyclic) bond motifs is 1. The Bertz CT molecular complexity index is 625. The summed E-state index contributed by atoms with van der Waals surface area (Å²) in [5.41, 5.74) is 0. The summed E-state index contributed by atoms with van der Waals surface area (Å²) < 4.78 is 25.7. The fourth-order valence-corrected chi connectivity index (χ4v) is 1.48. The average molecular weight is 220 g/mol. The van der Waals surface area contributed by atoms with Crippen molar-refractivity contribution >= 4 is 16.9 Å². The number of hydrogen-bond acceptors (Lipinski definition) is 3. The molecule has 4 heteroatoms. The van der Waals surface area contributed by atoms with Gasteiger partial charge >= 0.3 is 6.09 Å². The summed E-state index contributed by atoms with van der Waals surface area (Å²) in [5.74, 6) is 0.231. The van der Waals surface area contributed by atoms with Crippen molar-refractivity contribution in [2.75, 3.05) is 6.98 Å². The Hall–Kier alpha value is -2.23. The first-order valence-corrected chi connectivity index (χ1v) is 4.57. The number of phenols is 1. The molecule has 0 saturated carbocycles. The monoisotopic (exact) mass is 220 g/mol. The van der Waals surface area contributed by atoms with Crippen LogP contribution in [0.25, 0.3) is 10.8 Å². The highest BCUT2D eigenvalue weighted by atomic mass is 16.6. The van der Waals surface area contributed by atoms with E-state index >= 15 is 0 Å². The number of ether oxygens (including phenoxy) is 1. The van der Waals surface area contributed by atoms with Crippen LogP contribution in [0.3, 0.4) is 0 Å². The molecule has 4 nitrogen and oxygen atoms in total. The van der Waals surface area contributed by atoms with Gasteiger partial charge in [-0.15, -0.1) is 0 Å². The normalized spacial score (nSPS) is 13.6. The van der Waals surface area contributed by atoms with Crippen LogP contribution in [0.1, 0.15) is 4.11 Å². The summed E-state index contributed by atoms with van der Waals surface area (Å²) in [5, 5.41) is 12.4. The third kappa shape index (κ3) is 1.77. The van der Waals surface area contributed by atoms with E-state index in [1.54, 1.807) is 29.6 Å². The van der Waals surface area contributed by atoms with E-state index in [4.69, 9.17) is 8.85 Å². The smallest absolute Gasteiger partial charge is 0.412 e. The fraction of sp³-hybridized carbons (Fsp3) is 0.0833.